The minimum absolute atomic E-state index is 0.647. The summed E-state index contributed by atoms with van der Waals surface area (Å²) in [6.07, 6.45) is 5.51. The monoisotopic (exact) mass is 379 g/mol. The molecule has 27 heavy (non-hydrogen) atoms. The van der Waals surface area contributed by atoms with Crippen LogP contribution in [0.5, 0.6) is 5.75 Å². The molecule has 0 atom stereocenters. The van der Waals surface area contributed by atoms with E-state index in [4.69, 9.17) is 16.3 Å². The number of aromatic amines is 1. The molecule has 0 aliphatic carbocycles. The fraction of sp³-hybridized carbons (Fsp3) is 0.100. The van der Waals surface area contributed by atoms with Gasteiger partial charge in [0, 0.05) is 23.0 Å². The molecule has 0 saturated heterocycles. The Kier molecular flexibility index (Phi) is 4.56. The number of aryl methyl sites for hydroxylation is 1. The first-order chi connectivity index (χ1) is 13.1. The van der Waals surface area contributed by atoms with Gasteiger partial charge in [-0.15, -0.1) is 0 Å². The molecule has 2 heterocycles. The van der Waals surface area contributed by atoms with Crippen molar-refractivity contribution in [3.8, 4) is 22.7 Å². The zero-order valence-corrected chi connectivity index (χ0v) is 15.7. The van der Waals surface area contributed by atoms with Crippen molar-refractivity contribution in [1.29, 1.82) is 0 Å². The van der Waals surface area contributed by atoms with Crippen LogP contribution in [0.4, 0.5) is 11.6 Å². The maximum atomic E-state index is 5.94. The van der Waals surface area contributed by atoms with E-state index in [1.807, 2.05) is 60.2 Å². The van der Waals surface area contributed by atoms with E-state index >= 15 is 0 Å². The second-order valence-electron chi connectivity index (χ2n) is 6.09. The van der Waals surface area contributed by atoms with Crippen LogP contribution in [-0.2, 0) is 0 Å². The highest BCUT2D eigenvalue weighted by Gasteiger charge is 2.09. The van der Waals surface area contributed by atoms with E-state index in [1.165, 1.54) is 0 Å². The van der Waals surface area contributed by atoms with Crippen LogP contribution in [0.2, 0.25) is 5.02 Å². The highest BCUT2D eigenvalue weighted by molar-refractivity contribution is 6.30. The number of halogens is 1. The van der Waals surface area contributed by atoms with Gasteiger partial charge in [-0.1, -0.05) is 23.7 Å². The summed E-state index contributed by atoms with van der Waals surface area (Å²) in [7, 11) is 1.65. The molecule has 0 fully saturated rings. The highest BCUT2D eigenvalue weighted by atomic mass is 35.5. The topological polar surface area (TPSA) is 67.8 Å². The molecule has 4 rings (SSSR count). The van der Waals surface area contributed by atoms with E-state index in [0.717, 1.165) is 34.1 Å². The number of anilines is 2. The molecule has 2 aromatic heterocycles. The minimum Gasteiger partial charge on any atom is -0.494 e. The summed E-state index contributed by atoms with van der Waals surface area (Å²) in [4.78, 5) is 11.9. The van der Waals surface area contributed by atoms with E-state index in [-0.39, 0.29) is 0 Å². The number of nitrogens with zero attached hydrogens (tertiary/aromatic N) is 3. The first-order valence-electron chi connectivity index (χ1n) is 8.39. The summed E-state index contributed by atoms with van der Waals surface area (Å²) >= 11 is 5.94. The van der Waals surface area contributed by atoms with Gasteiger partial charge in [0.05, 0.1) is 36.7 Å². The molecule has 0 bridgehead atoms. The Labute approximate surface area is 161 Å². The number of H-pyrrole nitrogens is 1. The number of ether oxygens (including phenoxy) is 1. The number of nitrogens with one attached hydrogen (secondary N) is 2. The first kappa shape index (κ1) is 17.2. The number of rotatable bonds is 5. The van der Waals surface area contributed by atoms with Crippen LogP contribution in [0, 0.1) is 6.92 Å². The molecule has 0 amide bonds. The van der Waals surface area contributed by atoms with Gasteiger partial charge in [0.2, 0.25) is 5.95 Å². The molecular weight excluding hydrogens is 362 g/mol. The Morgan fingerprint density at radius 1 is 1.11 bits per heavy atom. The predicted octanol–water partition coefficient (Wildman–Crippen LogP) is 4.98. The van der Waals surface area contributed by atoms with E-state index in [9.17, 15) is 0 Å². The second-order valence-corrected chi connectivity index (χ2v) is 6.52. The zero-order chi connectivity index (χ0) is 18.8. The average molecular weight is 380 g/mol. The molecule has 2 aromatic carbocycles. The number of hydrogen-bond donors (Lipinski definition) is 2. The number of aromatic nitrogens is 4. The fourth-order valence-electron chi connectivity index (χ4n) is 2.82. The van der Waals surface area contributed by atoms with Crippen LogP contribution in [-0.4, -0.2) is 26.6 Å². The van der Waals surface area contributed by atoms with Crippen LogP contribution in [0.1, 0.15) is 5.69 Å². The van der Waals surface area contributed by atoms with Crippen LogP contribution >= 0.6 is 11.6 Å². The standard InChI is InChI=1S/C20H18ClN5O/c1-13-11-26(12-23-13)18-8-7-16(9-19(18)27-2)24-20-22-10-17(25-20)14-3-5-15(21)6-4-14/h3-12H,1-2H3,(H2,22,24,25). The predicted molar refractivity (Wildman–Crippen MR) is 107 cm³/mol. The molecule has 0 aliphatic rings. The lowest BCUT2D eigenvalue weighted by atomic mass is 10.2. The summed E-state index contributed by atoms with van der Waals surface area (Å²) in [6.45, 7) is 1.95. The third kappa shape index (κ3) is 3.66. The van der Waals surface area contributed by atoms with Crippen molar-refractivity contribution < 1.29 is 4.74 Å². The fourth-order valence-corrected chi connectivity index (χ4v) is 2.95. The molecule has 0 saturated carbocycles. The smallest absolute Gasteiger partial charge is 0.205 e. The van der Waals surface area contributed by atoms with Crippen molar-refractivity contribution in [3.05, 3.63) is 71.9 Å². The van der Waals surface area contributed by atoms with Gasteiger partial charge in [-0.25, -0.2) is 9.97 Å². The van der Waals surface area contributed by atoms with E-state index in [2.05, 4.69) is 20.3 Å². The maximum absolute atomic E-state index is 5.94. The zero-order valence-electron chi connectivity index (χ0n) is 14.9. The molecule has 0 unspecified atom stereocenters. The minimum atomic E-state index is 0.647. The lowest BCUT2D eigenvalue weighted by Crippen LogP contribution is -1.98. The third-order valence-corrected chi connectivity index (χ3v) is 4.42. The maximum Gasteiger partial charge on any atom is 0.205 e. The largest absolute Gasteiger partial charge is 0.494 e. The SMILES string of the molecule is COc1cc(Nc2ncc(-c3ccc(Cl)cc3)[nH]2)ccc1-n1cnc(C)c1. The van der Waals surface area contributed by atoms with Crippen molar-refractivity contribution >= 4 is 23.2 Å². The first-order valence-corrected chi connectivity index (χ1v) is 8.77. The third-order valence-electron chi connectivity index (χ3n) is 4.16. The second kappa shape index (κ2) is 7.17. The Morgan fingerprint density at radius 3 is 2.63 bits per heavy atom. The Morgan fingerprint density at radius 2 is 1.93 bits per heavy atom. The summed E-state index contributed by atoms with van der Waals surface area (Å²) in [5, 5.41) is 3.97. The van der Waals surface area contributed by atoms with Crippen molar-refractivity contribution in [2.75, 3.05) is 12.4 Å². The van der Waals surface area contributed by atoms with Crippen LogP contribution in [0.15, 0.2) is 61.2 Å². The molecule has 136 valence electrons. The van der Waals surface area contributed by atoms with E-state index in [1.54, 1.807) is 19.6 Å². The molecule has 4 aromatic rings. The summed E-state index contributed by atoms with van der Waals surface area (Å²) in [5.74, 6) is 1.38. The number of imidazole rings is 2. The summed E-state index contributed by atoms with van der Waals surface area (Å²) in [6, 6.07) is 13.5. The quantitative estimate of drug-likeness (QED) is 0.513. The van der Waals surface area contributed by atoms with Gasteiger partial charge in [-0.3, -0.25) is 0 Å². The van der Waals surface area contributed by atoms with Gasteiger partial charge >= 0.3 is 0 Å². The van der Waals surface area contributed by atoms with Crippen LogP contribution in [0.25, 0.3) is 16.9 Å². The Balaban J connectivity index is 1.57. The van der Waals surface area contributed by atoms with Gasteiger partial charge in [0.25, 0.3) is 0 Å². The number of hydrogen-bond acceptors (Lipinski definition) is 4. The van der Waals surface area contributed by atoms with Crippen LogP contribution in [0.3, 0.4) is 0 Å². The molecule has 2 N–H and O–H groups in total. The van der Waals surface area contributed by atoms with Gasteiger partial charge in [-0.05, 0) is 36.8 Å². The normalized spacial score (nSPS) is 10.8. The molecule has 7 heteroatoms. The van der Waals surface area contributed by atoms with Crippen LogP contribution < -0.4 is 10.1 Å². The average Bonchev–Trinajstić information content (AvgIpc) is 3.31. The number of benzene rings is 2. The number of methoxy groups -OCH3 is 1. The lowest BCUT2D eigenvalue weighted by Gasteiger charge is -2.11. The van der Waals surface area contributed by atoms with Gasteiger partial charge < -0.3 is 19.6 Å². The highest BCUT2D eigenvalue weighted by Crippen LogP contribution is 2.29. The molecule has 0 aliphatic heterocycles. The van der Waals surface area contributed by atoms with E-state index < -0.39 is 0 Å². The lowest BCUT2D eigenvalue weighted by molar-refractivity contribution is 0.413. The van der Waals surface area contributed by atoms with Gasteiger partial charge in [0.15, 0.2) is 0 Å². The molecule has 0 spiro atoms. The van der Waals surface area contributed by atoms with Crippen molar-refractivity contribution in [2.45, 2.75) is 6.92 Å². The van der Waals surface area contributed by atoms with E-state index in [0.29, 0.717) is 11.0 Å². The van der Waals surface area contributed by atoms with Crippen molar-refractivity contribution in [2.24, 2.45) is 0 Å². The summed E-state index contributed by atoms with van der Waals surface area (Å²) < 4.78 is 7.48. The molecule has 0 radical (unpaired) electrons. The molecule has 6 nitrogen and oxygen atoms in total. The summed E-state index contributed by atoms with van der Waals surface area (Å²) in [5.41, 5.74) is 4.66. The van der Waals surface area contributed by atoms with Crippen molar-refractivity contribution in [3.63, 3.8) is 0 Å². The Hall–Kier alpha value is -3.25. The Bertz CT molecular complexity index is 1070. The molecular formula is C20H18ClN5O. The van der Waals surface area contributed by atoms with Crippen molar-refractivity contribution in [1.82, 2.24) is 19.5 Å². The van der Waals surface area contributed by atoms with Gasteiger partial charge in [0.1, 0.15) is 5.75 Å². The van der Waals surface area contributed by atoms with Gasteiger partial charge in [-0.2, -0.15) is 0 Å².